The average Bonchev–Trinajstić information content (AvgIpc) is 3.53. The molecule has 7 heteroatoms. The van der Waals surface area contributed by atoms with E-state index in [4.69, 9.17) is 13.6 Å². The van der Waals surface area contributed by atoms with E-state index < -0.39 is 23.5 Å². The van der Waals surface area contributed by atoms with Gasteiger partial charge in [0, 0.05) is 11.1 Å². The maximum atomic E-state index is 13.5. The Bertz CT molecular complexity index is 1360. The van der Waals surface area contributed by atoms with E-state index in [9.17, 15) is 14.7 Å². The Labute approximate surface area is 183 Å². The van der Waals surface area contributed by atoms with Crippen molar-refractivity contribution in [1.82, 2.24) is 0 Å². The smallest absolute Gasteiger partial charge is 0.294 e. The van der Waals surface area contributed by atoms with Gasteiger partial charge in [0.2, 0.25) is 5.78 Å². The molecule has 4 aromatic rings. The van der Waals surface area contributed by atoms with Gasteiger partial charge in [-0.3, -0.25) is 14.5 Å². The number of carbonyl (C=O) groups is 2. The molecular weight excluding hydrogens is 410 g/mol. The zero-order valence-corrected chi connectivity index (χ0v) is 17.4. The molecule has 1 amide bonds. The van der Waals surface area contributed by atoms with E-state index in [1.165, 1.54) is 18.3 Å². The Morgan fingerprint density at radius 2 is 1.88 bits per heavy atom. The molecule has 1 aliphatic heterocycles. The molecule has 0 spiro atoms. The van der Waals surface area contributed by atoms with E-state index in [1.54, 1.807) is 48.5 Å². The van der Waals surface area contributed by atoms with Gasteiger partial charge in [-0.2, -0.15) is 0 Å². The molecule has 2 aromatic heterocycles. The number of fused-ring (bicyclic) bond motifs is 1. The Kier molecular flexibility index (Phi) is 4.59. The van der Waals surface area contributed by atoms with E-state index in [-0.39, 0.29) is 11.3 Å². The fourth-order valence-electron chi connectivity index (χ4n) is 3.97. The number of nitrogens with zero attached hydrogens (tertiary/aromatic N) is 1. The summed E-state index contributed by atoms with van der Waals surface area (Å²) in [5, 5.41) is 11.4. The minimum absolute atomic E-state index is 0.0128. The molecule has 2 aromatic carbocycles. The zero-order valence-electron chi connectivity index (χ0n) is 17.4. The number of amides is 1. The van der Waals surface area contributed by atoms with Crippen molar-refractivity contribution in [1.29, 1.82) is 0 Å². The van der Waals surface area contributed by atoms with E-state index in [1.807, 2.05) is 19.1 Å². The van der Waals surface area contributed by atoms with Crippen molar-refractivity contribution >= 4 is 28.3 Å². The van der Waals surface area contributed by atoms with Crippen molar-refractivity contribution in [3.63, 3.8) is 0 Å². The number of aliphatic hydroxyl groups excluding tert-OH is 1. The summed E-state index contributed by atoms with van der Waals surface area (Å²) in [4.78, 5) is 28.0. The number of aryl methyl sites for hydroxylation is 1. The van der Waals surface area contributed by atoms with Crippen LogP contribution in [0.1, 0.15) is 27.9 Å². The third-order valence-electron chi connectivity index (χ3n) is 5.53. The predicted octanol–water partition coefficient (Wildman–Crippen LogP) is 5.13. The monoisotopic (exact) mass is 429 g/mol. The summed E-state index contributed by atoms with van der Waals surface area (Å²) in [5.41, 5.74) is 1.85. The molecule has 0 aliphatic carbocycles. The molecule has 0 saturated carbocycles. The van der Waals surface area contributed by atoms with Crippen LogP contribution in [0.15, 0.2) is 87.1 Å². The van der Waals surface area contributed by atoms with Crippen LogP contribution in [0.5, 0.6) is 5.75 Å². The first-order valence-electron chi connectivity index (χ1n) is 9.97. The molecule has 5 rings (SSSR count). The molecule has 1 aliphatic rings. The Balaban J connectivity index is 1.64. The number of ether oxygens (including phenoxy) is 1. The summed E-state index contributed by atoms with van der Waals surface area (Å²) in [6, 6.07) is 16.5. The van der Waals surface area contributed by atoms with Crippen LogP contribution >= 0.6 is 0 Å². The number of furan rings is 2. The van der Waals surface area contributed by atoms with Gasteiger partial charge in [0.15, 0.2) is 22.9 Å². The van der Waals surface area contributed by atoms with E-state index in [2.05, 4.69) is 0 Å². The van der Waals surface area contributed by atoms with Crippen LogP contribution in [-0.2, 0) is 4.79 Å². The van der Waals surface area contributed by atoms with E-state index >= 15 is 0 Å². The van der Waals surface area contributed by atoms with Crippen LogP contribution in [0.4, 0.5) is 5.69 Å². The molecule has 1 N–H and O–H groups in total. The zero-order chi connectivity index (χ0) is 22.4. The van der Waals surface area contributed by atoms with Crippen LogP contribution < -0.4 is 9.64 Å². The summed E-state index contributed by atoms with van der Waals surface area (Å²) in [6.45, 7) is 1.93. The highest BCUT2D eigenvalue weighted by atomic mass is 16.5. The van der Waals surface area contributed by atoms with Crippen molar-refractivity contribution in [3.05, 3.63) is 95.3 Å². The first kappa shape index (κ1) is 19.7. The van der Waals surface area contributed by atoms with E-state index in [0.29, 0.717) is 28.2 Å². The minimum atomic E-state index is -0.942. The number of hydrogen-bond donors (Lipinski definition) is 1. The lowest BCUT2D eigenvalue weighted by molar-refractivity contribution is -0.117. The SMILES string of the molecule is COc1cccc2cc(C(=O)C3=C(O)C(=O)N(c4ccc(C)cc4)C3c3ccco3)oc12. The Hall–Kier alpha value is -4.26. The second kappa shape index (κ2) is 7.46. The minimum Gasteiger partial charge on any atom is -0.503 e. The lowest BCUT2D eigenvalue weighted by atomic mass is 9.99. The van der Waals surface area contributed by atoms with Gasteiger partial charge < -0.3 is 18.7 Å². The van der Waals surface area contributed by atoms with Gasteiger partial charge in [-0.1, -0.05) is 29.8 Å². The number of methoxy groups -OCH3 is 1. The normalized spacial score (nSPS) is 16.2. The Morgan fingerprint density at radius 1 is 1.09 bits per heavy atom. The average molecular weight is 429 g/mol. The second-order valence-electron chi connectivity index (χ2n) is 7.51. The highest BCUT2D eigenvalue weighted by molar-refractivity contribution is 6.20. The van der Waals surface area contributed by atoms with Gasteiger partial charge >= 0.3 is 0 Å². The number of para-hydroxylation sites is 1. The number of carbonyl (C=O) groups excluding carboxylic acids is 2. The van der Waals surface area contributed by atoms with Gasteiger partial charge in [-0.05, 0) is 43.3 Å². The molecule has 0 saturated heterocycles. The van der Waals surface area contributed by atoms with Crippen LogP contribution in [0, 0.1) is 6.92 Å². The lowest BCUT2D eigenvalue weighted by Gasteiger charge is -2.24. The van der Waals surface area contributed by atoms with Crippen LogP contribution in [0.25, 0.3) is 11.0 Å². The molecule has 1 atom stereocenters. The van der Waals surface area contributed by atoms with Crippen molar-refractivity contribution in [2.75, 3.05) is 12.0 Å². The molecule has 7 nitrogen and oxygen atoms in total. The summed E-state index contributed by atoms with van der Waals surface area (Å²) in [7, 11) is 1.51. The van der Waals surface area contributed by atoms with E-state index in [0.717, 1.165) is 5.56 Å². The summed E-state index contributed by atoms with van der Waals surface area (Å²) < 4.78 is 16.7. The van der Waals surface area contributed by atoms with Crippen LogP contribution in [0.3, 0.4) is 0 Å². The van der Waals surface area contributed by atoms with Gasteiger partial charge in [-0.15, -0.1) is 0 Å². The number of benzene rings is 2. The molecule has 32 heavy (non-hydrogen) atoms. The second-order valence-corrected chi connectivity index (χ2v) is 7.51. The molecule has 0 bridgehead atoms. The summed E-state index contributed by atoms with van der Waals surface area (Å²) >= 11 is 0. The standard InChI is InChI=1S/C25H19NO6/c1-14-8-10-16(11-9-14)26-21(17-7-4-12-31-17)20(23(28)25(26)29)22(27)19-13-15-5-3-6-18(30-2)24(15)32-19/h3-13,21,28H,1-2H3. The number of aliphatic hydroxyl groups is 1. The van der Waals surface area contributed by atoms with Crippen LogP contribution in [-0.4, -0.2) is 23.9 Å². The van der Waals surface area contributed by atoms with Crippen molar-refractivity contribution in [2.45, 2.75) is 13.0 Å². The number of hydrogen-bond acceptors (Lipinski definition) is 6. The third-order valence-corrected chi connectivity index (χ3v) is 5.53. The fraction of sp³-hybridized carbons (Fsp3) is 0.120. The highest BCUT2D eigenvalue weighted by Gasteiger charge is 2.46. The number of rotatable bonds is 5. The number of Topliss-reactive ketones (excluding diaryl/α,β-unsaturated/α-hetero) is 1. The van der Waals surface area contributed by atoms with Crippen molar-refractivity contribution in [3.8, 4) is 5.75 Å². The number of ketones is 1. The molecule has 3 heterocycles. The fourth-order valence-corrected chi connectivity index (χ4v) is 3.97. The summed E-state index contributed by atoms with van der Waals surface area (Å²) in [5.74, 6) is -1.12. The van der Waals surface area contributed by atoms with Gasteiger partial charge in [0.05, 0.1) is 18.9 Å². The third kappa shape index (κ3) is 2.98. The predicted molar refractivity (Wildman–Crippen MR) is 117 cm³/mol. The maximum absolute atomic E-state index is 13.5. The topological polar surface area (TPSA) is 93.1 Å². The van der Waals surface area contributed by atoms with Gasteiger partial charge in [0.1, 0.15) is 11.8 Å². The van der Waals surface area contributed by atoms with Gasteiger partial charge in [-0.25, -0.2) is 0 Å². The quantitative estimate of drug-likeness (QED) is 0.442. The number of anilines is 1. The lowest BCUT2D eigenvalue weighted by Crippen LogP contribution is -2.30. The summed E-state index contributed by atoms with van der Waals surface area (Å²) in [6.07, 6.45) is 1.46. The first-order chi connectivity index (χ1) is 15.5. The molecule has 0 radical (unpaired) electrons. The van der Waals surface area contributed by atoms with Gasteiger partial charge in [0.25, 0.3) is 5.91 Å². The molecule has 160 valence electrons. The first-order valence-corrected chi connectivity index (χ1v) is 9.97. The maximum Gasteiger partial charge on any atom is 0.294 e. The van der Waals surface area contributed by atoms with Crippen LogP contribution in [0.2, 0.25) is 0 Å². The largest absolute Gasteiger partial charge is 0.503 e. The van der Waals surface area contributed by atoms with Crippen molar-refractivity contribution in [2.24, 2.45) is 0 Å². The molecule has 0 fully saturated rings. The Morgan fingerprint density at radius 3 is 2.56 bits per heavy atom. The van der Waals surface area contributed by atoms with Crippen molar-refractivity contribution < 1.29 is 28.3 Å². The molecule has 1 unspecified atom stereocenters. The highest BCUT2D eigenvalue weighted by Crippen LogP contribution is 2.42. The molecular formula is C25H19NO6.